The van der Waals surface area contributed by atoms with Crippen molar-refractivity contribution in [2.24, 2.45) is 0 Å². The average Bonchev–Trinajstić information content (AvgIpc) is 2.45. The Labute approximate surface area is 122 Å². The summed E-state index contributed by atoms with van der Waals surface area (Å²) in [5.41, 5.74) is 2.98. The first-order valence-corrected chi connectivity index (χ1v) is 6.97. The van der Waals surface area contributed by atoms with Crippen LogP contribution in [0.25, 0.3) is 0 Å². The Morgan fingerprint density at radius 2 is 1.84 bits per heavy atom. The van der Waals surface area contributed by atoms with Gasteiger partial charge in [0.05, 0.1) is 11.6 Å². The van der Waals surface area contributed by atoms with Gasteiger partial charge in [-0.15, -0.1) is 0 Å². The molecule has 0 aliphatic heterocycles. The lowest BCUT2D eigenvalue weighted by Crippen LogP contribution is -2.19. The summed E-state index contributed by atoms with van der Waals surface area (Å²) in [5, 5.41) is 12.5. The zero-order chi connectivity index (χ0) is 13.7. The van der Waals surface area contributed by atoms with E-state index in [0.29, 0.717) is 6.54 Å². The predicted octanol–water partition coefficient (Wildman–Crippen LogP) is 4.17. The lowest BCUT2D eigenvalue weighted by atomic mass is 10.1. The van der Waals surface area contributed by atoms with E-state index >= 15 is 0 Å². The Balaban J connectivity index is 2.07. The number of hydrogen-bond acceptors (Lipinski definition) is 2. The molecule has 19 heavy (non-hydrogen) atoms. The molecular formula is C16H15BrN2. The first-order valence-electron chi connectivity index (χ1n) is 6.18. The van der Waals surface area contributed by atoms with Crippen LogP contribution < -0.4 is 5.32 Å². The molecule has 0 unspecified atom stereocenters. The zero-order valence-corrected chi connectivity index (χ0v) is 12.3. The smallest absolute Gasteiger partial charge is 0.0995 e. The fraction of sp³-hybridized carbons (Fsp3) is 0.188. The van der Waals surface area contributed by atoms with Crippen LogP contribution in [0, 0.1) is 11.3 Å². The Bertz CT molecular complexity index is 602. The summed E-state index contributed by atoms with van der Waals surface area (Å²) >= 11 is 3.56. The molecule has 0 amide bonds. The quantitative estimate of drug-likeness (QED) is 0.919. The van der Waals surface area contributed by atoms with Gasteiger partial charge in [-0.25, -0.2) is 0 Å². The van der Waals surface area contributed by atoms with Crippen molar-refractivity contribution in [1.82, 2.24) is 5.32 Å². The van der Waals surface area contributed by atoms with E-state index < -0.39 is 0 Å². The number of nitrogens with zero attached hydrogens (tertiary/aromatic N) is 1. The first-order chi connectivity index (χ1) is 9.22. The number of nitrogens with one attached hydrogen (secondary N) is 1. The molecule has 0 saturated carbocycles. The maximum atomic E-state index is 9.06. The molecule has 0 aliphatic carbocycles. The lowest BCUT2D eigenvalue weighted by molar-refractivity contribution is 0.572. The van der Waals surface area contributed by atoms with Crippen LogP contribution in [-0.2, 0) is 6.54 Å². The largest absolute Gasteiger partial charge is 0.306 e. The fourth-order valence-corrected chi connectivity index (χ4v) is 2.61. The molecule has 0 radical (unpaired) electrons. The zero-order valence-electron chi connectivity index (χ0n) is 10.7. The van der Waals surface area contributed by atoms with E-state index in [1.807, 2.05) is 42.5 Å². The summed E-state index contributed by atoms with van der Waals surface area (Å²) in [6, 6.07) is 18.3. The van der Waals surface area contributed by atoms with Gasteiger partial charge in [-0.05, 0) is 30.2 Å². The van der Waals surface area contributed by atoms with Crippen molar-refractivity contribution in [1.29, 1.82) is 5.26 Å². The number of nitriles is 1. The minimum Gasteiger partial charge on any atom is -0.306 e. The molecule has 0 heterocycles. The van der Waals surface area contributed by atoms with Crippen molar-refractivity contribution in [3.8, 4) is 6.07 Å². The highest BCUT2D eigenvalue weighted by Gasteiger charge is 2.09. The predicted molar refractivity (Wildman–Crippen MR) is 80.6 cm³/mol. The van der Waals surface area contributed by atoms with Crippen LogP contribution in [0.1, 0.15) is 29.7 Å². The highest BCUT2D eigenvalue weighted by molar-refractivity contribution is 9.10. The standard InChI is InChI=1S/C16H15BrN2/c1-12(15-8-4-5-9-16(15)17)19-11-14-7-3-2-6-13(14)10-18/h2-9,12,19H,11H2,1H3/t12-/m1/s1. The maximum absolute atomic E-state index is 9.06. The molecule has 2 aromatic carbocycles. The lowest BCUT2D eigenvalue weighted by Gasteiger charge is -2.16. The molecule has 0 saturated heterocycles. The number of hydrogen-bond donors (Lipinski definition) is 1. The van der Waals surface area contributed by atoms with Crippen molar-refractivity contribution in [3.05, 3.63) is 69.7 Å². The number of benzene rings is 2. The van der Waals surface area contributed by atoms with Crippen molar-refractivity contribution in [2.75, 3.05) is 0 Å². The topological polar surface area (TPSA) is 35.8 Å². The molecule has 96 valence electrons. The fourth-order valence-electron chi connectivity index (χ4n) is 1.98. The van der Waals surface area contributed by atoms with E-state index in [-0.39, 0.29) is 6.04 Å². The molecule has 2 rings (SSSR count). The van der Waals surface area contributed by atoms with Crippen LogP contribution in [-0.4, -0.2) is 0 Å². The molecule has 0 spiro atoms. The Morgan fingerprint density at radius 3 is 2.58 bits per heavy atom. The molecule has 3 heteroatoms. The highest BCUT2D eigenvalue weighted by atomic mass is 79.9. The summed E-state index contributed by atoms with van der Waals surface area (Å²) in [4.78, 5) is 0. The molecule has 1 atom stereocenters. The van der Waals surface area contributed by atoms with Gasteiger partial charge in [0.1, 0.15) is 0 Å². The van der Waals surface area contributed by atoms with Crippen molar-refractivity contribution in [2.45, 2.75) is 19.5 Å². The average molecular weight is 315 g/mol. The minimum absolute atomic E-state index is 0.224. The molecule has 0 fully saturated rings. The van der Waals surface area contributed by atoms with Gasteiger partial charge in [0, 0.05) is 17.1 Å². The van der Waals surface area contributed by atoms with Gasteiger partial charge in [0.2, 0.25) is 0 Å². The minimum atomic E-state index is 0.224. The second-order valence-electron chi connectivity index (χ2n) is 4.39. The first kappa shape index (κ1) is 13.8. The van der Waals surface area contributed by atoms with E-state index in [0.717, 1.165) is 15.6 Å². The van der Waals surface area contributed by atoms with Crippen LogP contribution in [0.5, 0.6) is 0 Å². The Kier molecular flexibility index (Phi) is 4.73. The summed E-state index contributed by atoms with van der Waals surface area (Å²) in [6.45, 7) is 2.81. The van der Waals surface area contributed by atoms with Gasteiger partial charge in [-0.3, -0.25) is 0 Å². The van der Waals surface area contributed by atoms with Gasteiger partial charge in [0.15, 0.2) is 0 Å². The van der Waals surface area contributed by atoms with E-state index in [9.17, 15) is 0 Å². The van der Waals surface area contributed by atoms with E-state index in [1.54, 1.807) is 0 Å². The molecule has 0 aromatic heterocycles. The van der Waals surface area contributed by atoms with Crippen LogP contribution in [0.2, 0.25) is 0 Å². The maximum Gasteiger partial charge on any atom is 0.0995 e. The van der Waals surface area contributed by atoms with Crippen molar-refractivity contribution >= 4 is 15.9 Å². The second-order valence-corrected chi connectivity index (χ2v) is 5.25. The van der Waals surface area contributed by atoms with Crippen LogP contribution >= 0.6 is 15.9 Å². The van der Waals surface area contributed by atoms with Crippen molar-refractivity contribution < 1.29 is 0 Å². The summed E-state index contributed by atoms with van der Waals surface area (Å²) in [6.07, 6.45) is 0. The highest BCUT2D eigenvalue weighted by Crippen LogP contribution is 2.23. The molecular weight excluding hydrogens is 300 g/mol. The van der Waals surface area contributed by atoms with E-state index in [4.69, 9.17) is 5.26 Å². The van der Waals surface area contributed by atoms with Gasteiger partial charge in [0.25, 0.3) is 0 Å². The third-order valence-corrected chi connectivity index (χ3v) is 3.83. The summed E-state index contributed by atoms with van der Waals surface area (Å²) in [5.74, 6) is 0. The summed E-state index contributed by atoms with van der Waals surface area (Å²) in [7, 11) is 0. The van der Waals surface area contributed by atoms with Crippen LogP contribution in [0.3, 0.4) is 0 Å². The monoisotopic (exact) mass is 314 g/mol. The Hall–Kier alpha value is -1.63. The van der Waals surface area contributed by atoms with Gasteiger partial charge >= 0.3 is 0 Å². The molecule has 2 aromatic rings. The third-order valence-electron chi connectivity index (χ3n) is 3.11. The van der Waals surface area contributed by atoms with Gasteiger partial charge in [-0.1, -0.05) is 52.3 Å². The molecule has 0 aliphatic rings. The SMILES string of the molecule is C[C@@H](NCc1ccccc1C#N)c1ccccc1Br. The van der Waals surface area contributed by atoms with Gasteiger partial charge < -0.3 is 5.32 Å². The number of rotatable bonds is 4. The van der Waals surface area contributed by atoms with E-state index in [2.05, 4.69) is 40.3 Å². The molecule has 0 bridgehead atoms. The van der Waals surface area contributed by atoms with Crippen LogP contribution in [0.15, 0.2) is 53.0 Å². The molecule has 2 nitrogen and oxygen atoms in total. The van der Waals surface area contributed by atoms with E-state index in [1.165, 1.54) is 5.56 Å². The number of halogens is 1. The summed E-state index contributed by atoms with van der Waals surface area (Å²) < 4.78 is 1.10. The Morgan fingerprint density at radius 1 is 1.16 bits per heavy atom. The molecule has 1 N–H and O–H groups in total. The second kappa shape index (κ2) is 6.51. The third kappa shape index (κ3) is 3.44. The van der Waals surface area contributed by atoms with Crippen molar-refractivity contribution in [3.63, 3.8) is 0 Å². The van der Waals surface area contributed by atoms with Gasteiger partial charge in [-0.2, -0.15) is 5.26 Å². The van der Waals surface area contributed by atoms with Crippen LogP contribution in [0.4, 0.5) is 0 Å². The normalized spacial score (nSPS) is 11.8.